The largest absolute Gasteiger partial charge is 0.495 e. The van der Waals surface area contributed by atoms with Crippen molar-refractivity contribution in [3.63, 3.8) is 0 Å². The topological polar surface area (TPSA) is 76.5 Å². The molecule has 2 aromatic carbocycles. The fraction of sp³-hybridized carbons (Fsp3) is 0.261. The SMILES string of the molecule is COc1cc(C(=O)N2CCCC2C(=O)Nc2ccc(F)cc2)ccc1-n1cnc(C)c1. The first-order valence-corrected chi connectivity index (χ1v) is 10.0. The molecule has 31 heavy (non-hydrogen) atoms. The zero-order chi connectivity index (χ0) is 22.0. The number of rotatable bonds is 5. The Hall–Kier alpha value is -3.68. The summed E-state index contributed by atoms with van der Waals surface area (Å²) in [7, 11) is 1.55. The van der Waals surface area contributed by atoms with Crippen molar-refractivity contribution in [3.05, 3.63) is 72.1 Å². The van der Waals surface area contributed by atoms with Crippen LogP contribution in [-0.2, 0) is 4.79 Å². The number of carbonyl (C=O) groups is 2. The number of ether oxygens (including phenoxy) is 1. The molecule has 1 saturated heterocycles. The van der Waals surface area contributed by atoms with Crippen LogP contribution in [0, 0.1) is 12.7 Å². The van der Waals surface area contributed by atoms with Gasteiger partial charge >= 0.3 is 0 Å². The highest BCUT2D eigenvalue weighted by Gasteiger charge is 2.34. The van der Waals surface area contributed by atoms with E-state index in [0.717, 1.165) is 17.8 Å². The molecule has 2 heterocycles. The van der Waals surface area contributed by atoms with Gasteiger partial charge in [-0.3, -0.25) is 9.59 Å². The van der Waals surface area contributed by atoms with E-state index in [2.05, 4.69) is 10.3 Å². The number of nitrogens with one attached hydrogen (secondary N) is 1. The Morgan fingerprint density at radius 1 is 1.19 bits per heavy atom. The quantitative estimate of drug-likeness (QED) is 0.682. The lowest BCUT2D eigenvalue weighted by atomic mass is 10.1. The number of likely N-dealkylation sites (tertiary alicyclic amines) is 1. The van der Waals surface area contributed by atoms with Crippen LogP contribution in [0.4, 0.5) is 10.1 Å². The second-order valence-corrected chi connectivity index (χ2v) is 7.46. The van der Waals surface area contributed by atoms with Crippen LogP contribution >= 0.6 is 0 Å². The summed E-state index contributed by atoms with van der Waals surface area (Å²) in [6.07, 6.45) is 4.86. The van der Waals surface area contributed by atoms with E-state index in [0.29, 0.717) is 30.0 Å². The number of benzene rings is 2. The fourth-order valence-corrected chi connectivity index (χ4v) is 3.78. The van der Waals surface area contributed by atoms with Gasteiger partial charge in [-0.25, -0.2) is 9.37 Å². The Bertz CT molecular complexity index is 1110. The Morgan fingerprint density at radius 2 is 1.97 bits per heavy atom. The normalized spacial score (nSPS) is 15.7. The summed E-state index contributed by atoms with van der Waals surface area (Å²) in [5, 5.41) is 2.77. The molecule has 1 atom stereocenters. The second kappa shape index (κ2) is 8.59. The summed E-state index contributed by atoms with van der Waals surface area (Å²) in [6, 6.07) is 10.2. The number of hydrogen-bond acceptors (Lipinski definition) is 4. The van der Waals surface area contributed by atoms with Gasteiger partial charge in [0, 0.05) is 24.0 Å². The molecule has 0 saturated carbocycles. The molecule has 3 aromatic rings. The highest BCUT2D eigenvalue weighted by atomic mass is 19.1. The van der Waals surface area contributed by atoms with Crippen molar-refractivity contribution in [2.24, 2.45) is 0 Å². The van der Waals surface area contributed by atoms with Gasteiger partial charge in [0.15, 0.2) is 0 Å². The van der Waals surface area contributed by atoms with Crippen LogP contribution < -0.4 is 10.1 Å². The third kappa shape index (κ3) is 4.28. The minimum absolute atomic E-state index is 0.233. The number of methoxy groups -OCH3 is 1. The molecule has 0 radical (unpaired) electrons. The Balaban J connectivity index is 1.53. The summed E-state index contributed by atoms with van der Waals surface area (Å²) in [5.74, 6) is -0.355. The van der Waals surface area contributed by atoms with E-state index in [1.165, 1.54) is 24.3 Å². The van der Waals surface area contributed by atoms with Crippen LogP contribution in [-0.4, -0.2) is 46.0 Å². The molecule has 1 N–H and O–H groups in total. The van der Waals surface area contributed by atoms with Gasteiger partial charge in [0.25, 0.3) is 5.91 Å². The van der Waals surface area contributed by atoms with E-state index in [4.69, 9.17) is 4.74 Å². The van der Waals surface area contributed by atoms with Gasteiger partial charge < -0.3 is 19.5 Å². The van der Waals surface area contributed by atoms with E-state index < -0.39 is 6.04 Å². The average Bonchev–Trinajstić information content (AvgIpc) is 3.43. The standard InChI is InChI=1S/C23H23FN4O3/c1-15-13-27(14-25-15)19-10-5-16(12-21(19)31-2)23(30)28-11-3-4-20(28)22(29)26-18-8-6-17(24)7-9-18/h5-10,12-14,20H,3-4,11H2,1-2H3,(H,26,29). The number of hydrogen-bond donors (Lipinski definition) is 1. The first kappa shape index (κ1) is 20.6. The maximum absolute atomic E-state index is 13.2. The Morgan fingerprint density at radius 3 is 2.65 bits per heavy atom. The van der Waals surface area contributed by atoms with E-state index in [-0.39, 0.29) is 17.6 Å². The first-order valence-electron chi connectivity index (χ1n) is 10.0. The average molecular weight is 422 g/mol. The van der Waals surface area contributed by atoms with E-state index in [1.54, 1.807) is 36.5 Å². The minimum atomic E-state index is -0.584. The van der Waals surface area contributed by atoms with Gasteiger partial charge in [-0.1, -0.05) is 0 Å². The molecule has 1 unspecified atom stereocenters. The number of imidazole rings is 1. The Kier molecular flexibility index (Phi) is 5.70. The van der Waals surface area contributed by atoms with Gasteiger partial charge in [0.2, 0.25) is 5.91 Å². The maximum atomic E-state index is 13.2. The predicted octanol–water partition coefficient (Wildman–Crippen LogP) is 3.57. The van der Waals surface area contributed by atoms with Gasteiger partial charge in [-0.2, -0.15) is 0 Å². The molecule has 1 fully saturated rings. The van der Waals surface area contributed by atoms with Crippen molar-refractivity contribution in [1.82, 2.24) is 14.5 Å². The van der Waals surface area contributed by atoms with Crippen molar-refractivity contribution in [1.29, 1.82) is 0 Å². The number of nitrogens with zero attached hydrogens (tertiary/aromatic N) is 3. The van der Waals surface area contributed by atoms with Crippen LogP contribution in [0.1, 0.15) is 28.9 Å². The smallest absolute Gasteiger partial charge is 0.254 e. The number of aryl methyl sites for hydroxylation is 1. The van der Waals surface area contributed by atoms with Crippen molar-refractivity contribution >= 4 is 17.5 Å². The predicted molar refractivity (Wildman–Crippen MR) is 114 cm³/mol. The summed E-state index contributed by atoms with van der Waals surface area (Å²) in [5.41, 5.74) is 2.58. The summed E-state index contributed by atoms with van der Waals surface area (Å²) in [6.45, 7) is 2.39. The third-order valence-electron chi connectivity index (χ3n) is 5.34. The monoisotopic (exact) mass is 422 g/mol. The van der Waals surface area contributed by atoms with Crippen LogP contribution in [0.15, 0.2) is 55.0 Å². The van der Waals surface area contributed by atoms with E-state index >= 15 is 0 Å². The summed E-state index contributed by atoms with van der Waals surface area (Å²) >= 11 is 0. The molecule has 1 aromatic heterocycles. The van der Waals surface area contributed by atoms with Gasteiger partial charge in [-0.15, -0.1) is 0 Å². The fourth-order valence-electron chi connectivity index (χ4n) is 3.78. The summed E-state index contributed by atoms with van der Waals surface area (Å²) < 4.78 is 20.4. The zero-order valence-electron chi connectivity index (χ0n) is 17.3. The molecule has 8 heteroatoms. The zero-order valence-corrected chi connectivity index (χ0v) is 17.3. The minimum Gasteiger partial charge on any atom is -0.495 e. The van der Waals surface area contributed by atoms with E-state index in [9.17, 15) is 14.0 Å². The molecule has 0 spiro atoms. The number of halogens is 1. The van der Waals surface area contributed by atoms with Crippen LogP contribution in [0.3, 0.4) is 0 Å². The molecule has 0 bridgehead atoms. The van der Waals surface area contributed by atoms with Gasteiger partial charge in [0.1, 0.15) is 17.6 Å². The van der Waals surface area contributed by atoms with Crippen LogP contribution in [0.5, 0.6) is 5.75 Å². The lowest BCUT2D eigenvalue weighted by Gasteiger charge is -2.24. The van der Waals surface area contributed by atoms with E-state index in [1.807, 2.05) is 17.7 Å². The molecule has 1 aliphatic rings. The van der Waals surface area contributed by atoms with Gasteiger partial charge in [-0.05, 0) is 62.2 Å². The molecular formula is C23H23FN4O3. The number of anilines is 1. The number of amides is 2. The highest BCUT2D eigenvalue weighted by Crippen LogP contribution is 2.27. The number of carbonyl (C=O) groups excluding carboxylic acids is 2. The highest BCUT2D eigenvalue weighted by molar-refractivity contribution is 6.01. The van der Waals surface area contributed by atoms with Crippen LogP contribution in [0.2, 0.25) is 0 Å². The number of aromatic nitrogens is 2. The molecule has 7 nitrogen and oxygen atoms in total. The Labute approximate surface area is 179 Å². The van der Waals surface area contributed by atoms with Crippen molar-refractivity contribution in [3.8, 4) is 11.4 Å². The summed E-state index contributed by atoms with van der Waals surface area (Å²) in [4.78, 5) is 31.8. The van der Waals surface area contributed by atoms with Crippen molar-refractivity contribution in [2.45, 2.75) is 25.8 Å². The van der Waals surface area contributed by atoms with Crippen LogP contribution in [0.25, 0.3) is 5.69 Å². The molecule has 1 aliphatic heterocycles. The molecular weight excluding hydrogens is 399 g/mol. The molecule has 2 amide bonds. The molecule has 0 aliphatic carbocycles. The van der Waals surface area contributed by atoms with Crippen molar-refractivity contribution in [2.75, 3.05) is 19.0 Å². The van der Waals surface area contributed by atoms with Crippen molar-refractivity contribution < 1.29 is 18.7 Å². The second-order valence-electron chi connectivity index (χ2n) is 7.46. The molecule has 4 rings (SSSR count). The lowest BCUT2D eigenvalue weighted by molar-refractivity contribution is -0.119. The maximum Gasteiger partial charge on any atom is 0.254 e. The van der Waals surface area contributed by atoms with Gasteiger partial charge in [0.05, 0.1) is 24.8 Å². The third-order valence-corrected chi connectivity index (χ3v) is 5.34. The lowest BCUT2D eigenvalue weighted by Crippen LogP contribution is -2.43. The first-order chi connectivity index (χ1) is 15.0. The molecule has 160 valence electrons.